The van der Waals surface area contributed by atoms with E-state index < -0.39 is 22.3 Å². The fourth-order valence-electron chi connectivity index (χ4n) is 3.60. The molecule has 0 bridgehead atoms. The molecule has 0 saturated carbocycles. The molecule has 0 aromatic heterocycles. The zero-order chi connectivity index (χ0) is 24.7. The number of nitrogens with two attached hydrogens (primary N) is 1. The van der Waals surface area contributed by atoms with Crippen molar-refractivity contribution >= 4 is 45.9 Å². The summed E-state index contributed by atoms with van der Waals surface area (Å²) in [5, 5.41) is 0. The van der Waals surface area contributed by atoms with Crippen LogP contribution in [0.3, 0.4) is 0 Å². The van der Waals surface area contributed by atoms with E-state index >= 15 is 0 Å². The summed E-state index contributed by atoms with van der Waals surface area (Å²) in [5.74, 6) is 1.26. The summed E-state index contributed by atoms with van der Waals surface area (Å²) in [6.07, 6.45) is 1.80. The minimum Gasteiger partial charge on any atom is -0.810 e. The van der Waals surface area contributed by atoms with E-state index in [1.165, 1.54) is 12.1 Å². The quantitative estimate of drug-likeness (QED) is 0.133. The van der Waals surface area contributed by atoms with Gasteiger partial charge in [0.15, 0.2) is 0 Å². The zero-order valence-corrected chi connectivity index (χ0v) is 33.2. The second-order valence-corrected chi connectivity index (χ2v) is 11.3. The molecule has 1 aliphatic rings. The van der Waals surface area contributed by atoms with Gasteiger partial charge in [-0.15, -0.1) is 23.5 Å². The molecule has 1 fully saturated rings. The zero-order valence-electron chi connectivity index (χ0n) is 21.8. The molecule has 0 spiro atoms. The van der Waals surface area contributed by atoms with Crippen LogP contribution in [0.5, 0.6) is 11.5 Å². The van der Waals surface area contributed by atoms with Crippen LogP contribution >= 0.6 is 39.9 Å². The first-order valence-electron chi connectivity index (χ1n) is 10.1. The van der Waals surface area contributed by atoms with Gasteiger partial charge in [-0.2, -0.15) is 0 Å². The Morgan fingerprint density at radius 3 is 1.68 bits per heavy atom. The number of primary amides is 1. The molecule has 1 saturated heterocycles. The standard InChI is InChI=1S/C20H24N2O8P2S2.4Na/c21-20(23)11-22-14(12-33-18-7-3-16(4-8-18)29-31(24)25)1-2-15(22)13-34-19-9-5-17(6-10-19)30-32(26,27)28;;;;/h3-10,14-15H,1-2,11-13H2,(H2,21,23)(H2,26,27,28);;;;/q-2;4*+1/p-2/t14-,15+;;;;/m0..../s1. The molecule has 1 heterocycles. The van der Waals surface area contributed by atoms with Gasteiger partial charge in [-0.1, -0.05) is 8.60 Å². The Morgan fingerprint density at radius 1 is 0.895 bits per heavy atom. The second kappa shape index (κ2) is 21.4. The van der Waals surface area contributed by atoms with Gasteiger partial charge in [0.1, 0.15) is 19.3 Å². The van der Waals surface area contributed by atoms with E-state index in [4.69, 9.17) is 5.73 Å². The van der Waals surface area contributed by atoms with Crippen LogP contribution in [-0.4, -0.2) is 40.9 Å². The number of nitrogens with zero attached hydrogens (tertiary/aromatic N) is 1. The maximum absolute atomic E-state index is 11.7. The number of carbonyl (C=O) groups excluding carboxylic acids is 1. The minimum atomic E-state index is -5.09. The maximum Gasteiger partial charge on any atom is 1.00 e. The molecule has 2 aromatic rings. The summed E-state index contributed by atoms with van der Waals surface area (Å²) in [6.45, 7) is 0.148. The summed E-state index contributed by atoms with van der Waals surface area (Å²) in [5.41, 5.74) is 5.49. The Morgan fingerprint density at radius 2 is 1.32 bits per heavy atom. The molecule has 2 atom stereocenters. The molecule has 186 valence electrons. The van der Waals surface area contributed by atoms with Gasteiger partial charge >= 0.3 is 118 Å². The summed E-state index contributed by atoms with van der Waals surface area (Å²) in [6, 6.07) is 13.2. The van der Waals surface area contributed by atoms with Gasteiger partial charge in [0.25, 0.3) is 0 Å². The van der Waals surface area contributed by atoms with Crippen molar-refractivity contribution in [3.05, 3.63) is 48.5 Å². The van der Waals surface area contributed by atoms with Crippen LogP contribution in [0.2, 0.25) is 0 Å². The van der Waals surface area contributed by atoms with Crippen LogP contribution in [-0.2, 0) is 9.36 Å². The van der Waals surface area contributed by atoms with Crippen LogP contribution in [0.15, 0.2) is 58.3 Å². The molecule has 0 unspecified atom stereocenters. The van der Waals surface area contributed by atoms with Crippen molar-refractivity contribution in [3.8, 4) is 11.5 Å². The van der Waals surface area contributed by atoms with Gasteiger partial charge in [-0.05, 0) is 61.4 Å². The molecule has 2 N–H and O–H groups in total. The Hall–Kier alpha value is 2.67. The van der Waals surface area contributed by atoms with Crippen molar-refractivity contribution in [1.82, 2.24) is 4.90 Å². The monoisotopic (exact) mass is 636 g/mol. The van der Waals surface area contributed by atoms with Gasteiger partial charge in [-0.3, -0.25) is 9.69 Å². The van der Waals surface area contributed by atoms with Crippen molar-refractivity contribution in [2.75, 3.05) is 18.1 Å². The molecule has 0 aliphatic carbocycles. The number of benzene rings is 2. The fraction of sp³-hybridized carbons (Fsp3) is 0.350. The number of thioether (sulfide) groups is 2. The molecule has 10 nitrogen and oxygen atoms in total. The van der Waals surface area contributed by atoms with E-state index in [9.17, 15) is 28.9 Å². The minimum absolute atomic E-state index is 0. The predicted molar refractivity (Wildman–Crippen MR) is 123 cm³/mol. The predicted octanol–water partition coefficient (Wildman–Crippen LogP) is -11.6. The first-order valence-corrected chi connectivity index (χ1v) is 14.7. The molecule has 3 rings (SSSR count). The average Bonchev–Trinajstić information content (AvgIpc) is 3.12. The third-order valence-electron chi connectivity index (χ3n) is 5.04. The summed E-state index contributed by atoms with van der Waals surface area (Å²) >= 11 is 3.16. The summed E-state index contributed by atoms with van der Waals surface area (Å²) in [4.78, 5) is 58.3. The largest absolute Gasteiger partial charge is 1.00 e. The third-order valence-corrected chi connectivity index (χ3v) is 8.15. The van der Waals surface area contributed by atoms with Gasteiger partial charge in [0.2, 0.25) is 5.91 Å². The number of phosphoric acid groups is 1. The van der Waals surface area contributed by atoms with E-state index in [-0.39, 0.29) is 148 Å². The van der Waals surface area contributed by atoms with Crippen LogP contribution in [0.25, 0.3) is 0 Å². The van der Waals surface area contributed by atoms with Gasteiger partial charge < -0.3 is 38.9 Å². The van der Waals surface area contributed by atoms with E-state index in [1.54, 1.807) is 59.9 Å². The van der Waals surface area contributed by atoms with Crippen LogP contribution in [0, 0.1) is 0 Å². The van der Waals surface area contributed by atoms with Gasteiger partial charge in [0.05, 0.1) is 6.54 Å². The Balaban J connectivity index is 0. The molecular weight excluding hydrogens is 614 g/mol. The molecule has 38 heavy (non-hydrogen) atoms. The number of amides is 1. The van der Waals surface area contributed by atoms with E-state index in [1.807, 2.05) is 0 Å². The van der Waals surface area contributed by atoms with Gasteiger partial charge in [-0.25, -0.2) is 0 Å². The maximum atomic E-state index is 11.7. The number of phosphoric ester groups is 1. The Kier molecular flexibility index (Phi) is 24.1. The SMILES string of the molecule is NC(=O)CN1[C@@H](CSc2ccc(OP(=O)([O-])[O-])cc2)CC[C@H]1CSc1ccc(OP([O-])[O-])cc1.[Na+].[Na+].[Na+].[Na+]. The van der Waals surface area contributed by atoms with E-state index in [0.29, 0.717) is 5.75 Å². The second-order valence-electron chi connectivity index (χ2n) is 7.44. The van der Waals surface area contributed by atoms with Crippen molar-refractivity contribution in [1.29, 1.82) is 0 Å². The smallest absolute Gasteiger partial charge is 0.810 e. The summed E-state index contributed by atoms with van der Waals surface area (Å²) in [7, 11) is -8.04. The number of hydrogen-bond acceptors (Lipinski definition) is 11. The molecule has 1 aliphatic heterocycles. The molecule has 0 radical (unpaired) electrons. The average molecular weight is 636 g/mol. The van der Waals surface area contributed by atoms with Crippen molar-refractivity contribution in [2.45, 2.75) is 34.7 Å². The number of hydrogen-bond donors (Lipinski definition) is 1. The van der Waals surface area contributed by atoms with Crippen molar-refractivity contribution < 1.29 is 156 Å². The number of carbonyl (C=O) groups is 1. The van der Waals surface area contributed by atoms with Crippen molar-refractivity contribution in [3.63, 3.8) is 0 Å². The van der Waals surface area contributed by atoms with Crippen LogP contribution in [0.4, 0.5) is 0 Å². The van der Waals surface area contributed by atoms with E-state index in [0.717, 1.165) is 28.4 Å². The van der Waals surface area contributed by atoms with Crippen LogP contribution in [0.1, 0.15) is 12.8 Å². The fourth-order valence-corrected chi connectivity index (χ4v) is 6.42. The first-order chi connectivity index (χ1) is 16.1. The summed E-state index contributed by atoms with van der Waals surface area (Å²) < 4.78 is 19.7. The van der Waals surface area contributed by atoms with E-state index in [2.05, 4.69) is 13.9 Å². The third kappa shape index (κ3) is 15.9. The van der Waals surface area contributed by atoms with Gasteiger partial charge in [0, 0.05) is 33.4 Å². The first kappa shape index (κ1) is 42.8. The molecule has 1 amide bonds. The molecule has 2 aromatic carbocycles. The number of rotatable bonds is 12. The van der Waals surface area contributed by atoms with Crippen molar-refractivity contribution in [2.24, 2.45) is 5.73 Å². The topological polar surface area (TPSA) is 174 Å². The van der Waals surface area contributed by atoms with Crippen LogP contribution < -0.4 is 153 Å². The number of likely N-dealkylation sites (tertiary alicyclic amines) is 1. The Labute approximate surface area is 320 Å². The molecule has 18 heteroatoms. The molecular formula is C20H22N2Na4O8P2S2. The normalized spacial score (nSPS) is 16.9. The Bertz CT molecular complexity index is 1010.